The summed E-state index contributed by atoms with van der Waals surface area (Å²) in [5.41, 5.74) is 1.19. The molecule has 0 saturated carbocycles. The smallest absolute Gasteiger partial charge is 0.254 e. The molecule has 0 N–H and O–H groups in total. The zero-order valence-electron chi connectivity index (χ0n) is 17.2. The molecule has 1 aliphatic heterocycles. The van der Waals surface area contributed by atoms with Gasteiger partial charge in [-0.3, -0.25) is 14.7 Å². The third kappa shape index (κ3) is 4.75. The third-order valence-electron chi connectivity index (χ3n) is 4.97. The van der Waals surface area contributed by atoms with E-state index >= 15 is 0 Å². The number of carbonyl (C=O) groups is 1. The highest BCUT2D eigenvalue weighted by atomic mass is 35.5. The van der Waals surface area contributed by atoms with Crippen LogP contribution in [0.15, 0.2) is 36.5 Å². The first-order valence-corrected chi connectivity index (χ1v) is 9.26. The molecule has 30 heavy (non-hydrogen) atoms. The number of amides is 1. The van der Waals surface area contributed by atoms with Gasteiger partial charge in [0, 0.05) is 37.9 Å². The molecule has 1 aromatic heterocycles. The first kappa shape index (κ1) is 23.3. The Kier molecular flexibility index (Phi) is 8.27. The summed E-state index contributed by atoms with van der Waals surface area (Å²) in [4.78, 5) is 21.1. The molecule has 1 unspecified atom stereocenters. The van der Waals surface area contributed by atoms with Crippen molar-refractivity contribution in [1.29, 1.82) is 5.26 Å². The largest absolute Gasteiger partial charge is 0.493 e. The van der Waals surface area contributed by atoms with Crippen LogP contribution in [0, 0.1) is 11.3 Å². The average Bonchev–Trinajstić information content (AvgIpc) is 2.79. The zero-order valence-corrected chi connectivity index (χ0v) is 18.0. The second-order valence-corrected chi connectivity index (χ2v) is 6.53. The Bertz CT molecular complexity index is 871. The van der Waals surface area contributed by atoms with Crippen molar-refractivity contribution in [2.24, 2.45) is 0 Å². The summed E-state index contributed by atoms with van der Waals surface area (Å²) in [6, 6.07) is 10.8. The van der Waals surface area contributed by atoms with E-state index in [-0.39, 0.29) is 18.3 Å². The van der Waals surface area contributed by atoms with Gasteiger partial charge in [0.2, 0.25) is 5.75 Å². The van der Waals surface area contributed by atoms with Crippen LogP contribution in [0.3, 0.4) is 0 Å². The predicted octanol–water partition coefficient (Wildman–Crippen LogP) is 2.55. The van der Waals surface area contributed by atoms with Crippen LogP contribution in [0.5, 0.6) is 17.2 Å². The fraction of sp³-hybridized carbons (Fsp3) is 0.381. The van der Waals surface area contributed by atoms with Crippen LogP contribution in [0.2, 0.25) is 0 Å². The molecule has 1 saturated heterocycles. The van der Waals surface area contributed by atoms with Crippen LogP contribution >= 0.6 is 12.4 Å². The van der Waals surface area contributed by atoms with Crippen molar-refractivity contribution < 1.29 is 19.0 Å². The van der Waals surface area contributed by atoms with Gasteiger partial charge in [-0.05, 0) is 24.3 Å². The number of aromatic nitrogens is 1. The van der Waals surface area contributed by atoms with Crippen LogP contribution in [0.1, 0.15) is 22.1 Å². The molecule has 8 nitrogen and oxygen atoms in total. The Morgan fingerprint density at radius 2 is 1.70 bits per heavy atom. The van der Waals surface area contributed by atoms with E-state index in [0.29, 0.717) is 49.0 Å². The zero-order chi connectivity index (χ0) is 20.8. The van der Waals surface area contributed by atoms with Crippen molar-refractivity contribution in [3.8, 4) is 23.3 Å². The monoisotopic (exact) mass is 432 g/mol. The molecular weight excluding hydrogens is 408 g/mol. The van der Waals surface area contributed by atoms with Gasteiger partial charge in [-0.15, -0.1) is 12.4 Å². The van der Waals surface area contributed by atoms with Gasteiger partial charge in [-0.25, -0.2) is 0 Å². The Labute approximate surface area is 182 Å². The van der Waals surface area contributed by atoms with Gasteiger partial charge in [0.05, 0.1) is 33.1 Å². The van der Waals surface area contributed by atoms with Gasteiger partial charge >= 0.3 is 0 Å². The van der Waals surface area contributed by atoms with E-state index in [9.17, 15) is 10.1 Å². The minimum Gasteiger partial charge on any atom is -0.493 e. The van der Waals surface area contributed by atoms with Crippen molar-refractivity contribution in [2.75, 3.05) is 47.5 Å². The van der Waals surface area contributed by atoms with Gasteiger partial charge in [0.25, 0.3) is 5.91 Å². The Morgan fingerprint density at radius 1 is 1.07 bits per heavy atom. The van der Waals surface area contributed by atoms with E-state index in [0.717, 1.165) is 5.69 Å². The van der Waals surface area contributed by atoms with Crippen molar-refractivity contribution in [2.45, 2.75) is 6.04 Å². The van der Waals surface area contributed by atoms with E-state index in [1.807, 2.05) is 23.1 Å². The summed E-state index contributed by atoms with van der Waals surface area (Å²) in [6.07, 6.45) is 1.68. The summed E-state index contributed by atoms with van der Waals surface area (Å²) in [7, 11) is 4.56. The lowest BCUT2D eigenvalue weighted by Crippen LogP contribution is -2.49. The number of rotatable bonds is 6. The van der Waals surface area contributed by atoms with Crippen molar-refractivity contribution >= 4 is 18.3 Å². The van der Waals surface area contributed by atoms with Crippen molar-refractivity contribution in [3.05, 3.63) is 47.8 Å². The second-order valence-electron chi connectivity index (χ2n) is 6.53. The molecule has 1 atom stereocenters. The van der Waals surface area contributed by atoms with E-state index in [1.165, 1.54) is 21.3 Å². The topological polar surface area (TPSA) is 87.9 Å². The molecule has 1 amide bonds. The van der Waals surface area contributed by atoms with Crippen LogP contribution in [-0.4, -0.2) is 68.2 Å². The summed E-state index contributed by atoms with van der Waals surface area (Å²) in [6.45, 7) is 2.21. The van der Waals surface area contributed by atoms with Crippen LogP contribution in [0.4, 0.5) is 0 Å². The highest BCUT2D eigenvalue weighted by Gasteiger charge is 2.29. The first-order chi connectivity index (χ1) is 14.1. The maximum absolute atomic E-state index is 13.0. The summed E-state index contributed by atoms with van der Waals surface area (Å²) >= 11 is 0. The molecule has 0 bridgehead atoms. The molecule has 3 rings (SSSR count). The molecule has 160 valence electrons. The lowest BCUT2D eigenvalue weighted by atomic mass is 10.1. The maximum atomic E-state index is 13.0. The molecule has 1 aromatic carbocycles. The molecular formula is C21H25ClN4O4. The highest BCUT2D eigenvalue weighted by Crippen LogP contribution is 2.38. The van der Waals surface area contributed by atoms with Crippen LogP contribution < -0.4 is 14.2 Å². The standard InChI is InChI=1S/C21H24N4O4.ClH/c1-27-18-12-15(13-19(28-2)20(18)29-3)21(26)25-10-8-24(9-11-25)17(14-22)16-6-4-5-7-23-16;/h4-7,12-13,17H,8-11H2,1-3H3;1H. The number of carbonyl (C=O) groups excluding carboxylic acids is 1. The molecule has 0 spiro atoms. The molecule has 9 heteroatoms. The first-order valence-electron chi connectivity index (χ1n) is 9.26. The summed E-state index contributed by atoms with van der Waals surface area (Å²) < 4.78 is 16.0. The second kappa shape index (κ2) is 10.7. The number of pyridine rings is 1. The quantitative estimate of drug-likeness (QED) is 0.693. The summed E-state index contributed by atoms with van der Waals surface area (Å²) in [5, 5.41) is 9.60. The molecule has 2 aromatic rings. The molecule has 0 radical (unpaired) electrons. The normalized spacial score (nSPS) is 14.8. The number of piperazine rings is 1. The number of methoxy groups -OCH3 is 3. The highest BCUT2D eigenvalue weighted by molar-refractivity contribution is 5.95. The van der Waals surface area contributed by atoms with Crippen molar-refractivity contribution in [1.82, 2.24) is 14.8 Å². The lowest BCUT2D eigenvalue weighted by molar-refractivity contribution is 0.0603. The Morgan fingerprint density at radius 3 is 2.17 bits per heavy atom. The average molecular weight is 433 g/mol. The van der Waals surface area contributed by atoms with Crippen LogP contribution in [0.25, 0.3) is 0 Å². The predicted molar refractivity (Wildman–Crippen MR) is 113 cm³/mol. The fourth-order valence-corrected chi connectivity index (χ4v) is 3.44. The third-order valence-corrected chi connectivity index (χ3v) is 4.97. The lowest BCUT2D eigenvalue weighted by Gasteiger charge is -2.36. The van der Waals surface area contributed by atoms with E-state index in [2.05, 4.69) is 11.1 Å². The van der Waals surface area contributed by atoms with Gasteiger partial charge in [0.1, 0.15) is 6.04 Å². The molecule has 1 fully saturated rings. The fourth-order valence-electron chi connectivity index (χ4n) is 3.44. The van der Waals surface area contributed by atoms with Gasteiger partial charge in [-0.1, -0.05) is 6.07 Å². The number of hydrogen-bond acceptors (Lipinski definition) is 7. The van der Waals surface area contributed by atoms with E-state index in [1.54, 1.807) is 23.2 Å². The minimum absolute atomic E-state index is 0. The minimum atomic E-state index is -0.422. The van der Waals surface area contributed by atoms with Gasteiger partial charge in [-0.2, -0.15) is 5.26 Å². The number of nitrogens with zero attached hydrogens (tertiary/aromatic N) is 4. The number of hydrogen-bond donors (Lipinski definition) is 0. The number of nitriles is 1. The SMILES string of the molecule is COc1cc(C(=O)N2CCN(C(C#N)c3ccccn3)CC2)cc(OC)c1OC.Cl. The molecule has 2 heterocycles. The number of halogens is 1. The molecule has 1 aliphatic rings. The Balaban J connectivity index is 0.00000320. The maximum Gasteiger partial charge on any atom is 0.254 e. The van der Waals surface area contributed by atoms with Gasteiger partial charge in [0.15, 0.2) is 11.5 Å². The molecule has 0 aliphatic carbocycles. The van der Waals surface area contributed by atoms with Gasteiger partial charge < -0.3 is 19.1 Å². The number of benzene rings is 1. The van der Waals surface area contributed by atoms with E-state index < -0.39 is 6.04 Å². The number of ether oxygens (including phenoxy) is 3. The Hall–Kier alpha value is -3.02. The van der Waals surface area contributed by atoms with Crippen LogP contribution in [-0.2, 0) is 0 Å². The van der Waals surface area contributed by atoms with E-state index in [4.69, 9.17) is 14.2 Å². The summed E-state index contributed by atoms with van der Waals surface area (Å²) in [5.74, 6) is 1.21. The van der Waals surface area contributed by atoms with Crippen molar-refractivity contribution in [3.63, 3.8) is 0 Å².